The third-order valence-corrected chi connectivity index (χ3v) is 3.99. The first-order valence-electron chi connectivity index (χ1n) is 8.24. The summed E-state index contributed by atoms with van der Waals surface area (Å²) in [7, 11) is 1.58. The van der Waals surface area contributed by atoms with Crippen LogP contribution in [-0.4, -0.2) is 44.0 Å². The molecular formula is C18H21N3O5. The maximum Gasteiger partial charge on any atom is 0.347 e. The molecule has 0 spiro atoms. The van der Waals surface area contributed by atoms with Gasteiger partial charge in [0.1, 0.15) is 11.3 Å². The molecule has 138 valence electrons. The van der Waals surface area contributed by atoms with Crippen molar-refractivity contribution < 1.29 is 23.9 Å². The summed E-state index contributed by atoms with van der Waals surface area (Å²) >= 11 is 0. The monoisotopic (exact) mass is 359 g/mol. The first-order valence-corrected chi connectivity index (χ1v) is 8.24. The molecule has 0 aliphatic heterocycles. The lowest BCUT2D eigenvalue weighted by atomic mass is 10.00. The van der Waals surface area contributed by atoms with Crippen molar-refractivity contribution in [3.8, 4) is 11.8 Å². The van der Waals surface area contributed by atoms with E-state index < -0.39 is 30.6 Å². The number of nitrogens with one attached hydrogen (secondary N) is 1. The van der Waals surface area contributed by atoms with Crippen molar-refractivity contribution in [2.75, 3.05) is 20.3 Å². The van der Waals surface area contributed by atoms with Gasteiger partial charge < -0.3 is 19.6 Å². The van der Waals surface area contributed by atoms with Gasteiger partial charge in [-0.3, -0.25) is 4.79 Å². The molecule has 8 nitrogen and oxygen atoms in total. The largest absolute Gasteiger partial charge is 0.497 e. The highest BCUT2D eigenvalue weighted by Gasteiger charge is 2.35. The van der Waals surface area contributed by atoms with Gasteiger partial charge in [0, 0.05) is 0 Å². The van der Waals surface area contributed by atoms with Crippen LogP contribution in [0, 0.1) is 11.3 Å². The van der Waals surface area contributed by atoms with Gasteiger partial charge >= 0.3 is 5.97 Å². The van der Waals surface area contributed by atoms with Crippen LogP contribution in [0.5, 0.6) is 5.75 Å². The summed E-state index contributed by atoms with van der Waals surface area (Å²) < 4.78 is 9.85. The van der Waals surface area contributed by atoms with E-state index in [1.807, 2.05) is 0 Å². The summed E-state index contributed by atoms with van der Waals surface area (Å²) in [5.74, 6) is -0.492. The highest BCUT2D eigenvalue weighted by atomic mass is 16.7. The topological polar surface area (TPSA) is 110 Å². The Hall–Kier alpha value is -3.08. The average Bonchev–Trinajstić information content (AvgIpc) is 3.13. The summed E-state index contributed by atoms with van der Waals surface area (Å²) in [4.78, 5) is 28.2. The van der Waals surface area contributed by atoms with Crippen LogP contribution in [0.15, 0.2) is 29.4 Å². The van der Waals surface area contributed by atoms with Crippen LogP contribution in [-0.2, 0) is 19.2 Å². The van der Waals surface area contributed by atoms with Crippen molar-refractivity contribution in [1.82, 2.24) is 5.32 Å². The van der Waals surface area contributed by atoms with Crippen LogP contribution in [0.3, 0.4) is 0 Å². The second kappa shape index (κ2) is 9.42. The van der Waals surface area contributed by atoms with Gasteiger partial charge in [-0.05, 0) is 55.5 Å². The highest BCUT2D eigenvalue weighted by Crippen LogP contribution is 2.28. The number of esters is 1. The summed E-state index contributed by atoms with van der Waals surface area (Å²) in [5.41, 5.74) is -0.0558. The number of amides is 1. The van der Waals surface area contributed by atoms with E-state index in [1.165, 1.54) is 6.21 Å². The zero-order chi connectivity index (χ0) is 18.8. The van der Waals surface area contributed by atoms with Crippen molar-refractivity contribution in [2.24, 2.45) is 5.16 Å². The number of hydrogen-bond acceptors (Lipinski definition) is 7. The zero-order valence-corrected chi connectivity index (χ0v) is 14.6. The summed E-state index contributed by atoms with van der Waals surface area (Å²) in [6.45, 7) is -0.864. The summed E-state index contributed by atoms with van der Waals surface area (Å²) in [5, 5.41) is 15.5. The van der Waals surface area contributed by atoms with Crippen LogP contribution in [0.4, 0.5) is 0 Å². The molecule has 26 heavy (non-hydrogen) atoms. The smallest absolute Gasteiger partial charge is 0.347 e. The number of nitrogens with zero attached hydrogens (tertiary/aromatic N) is 2. The molecule has 0 saturated heterocycles. The van der Waals surface area contributed by atoms with Crippen molar-refractivity contribution >= 4 is 18.1 Å². The van der Waals surface area contributed by atoms with Gasteiger partial charge in [0.25, 0.3) is 5.91 Å². The second-order valence-electron chi connectivity index (χ2n) is 5.89. The Morgan fingerprint density at radius 2 is 1.96 bits per heavy atom. The molecule has 1 aromatic carbocycles. The van der Waals surface area contributed by atoms with Crippen LogP contribution in [0.25, 0.3) is 0 Å². The third-order valence-electron chi connectivity index (χ3n) is 3.99. The molecule has 8 heteroatoms. The van der Waals surface area contributed by atoms with Crippen LogP contribution < -0.4 is 10.1 Å². The Morgan fingerprint density at radius 3 is 2.58 bits per heavy atom. The molecule has 2 rings (SSSR count). The SMILES string of the molecule is COc1ccc(/C=N\OCC(=O)OCC(=O)NC2(C#N)CCCC2)cc1. The van der Waals surface area contributed by atoms with E-state index in [1.54, 1.807) is 31.4 Å². The van der Waals surface area contributed by atoms with Crippen molar-refractivity contribution in [2.45, 2.75) is 31.2 Å². The normalized spacial score (nSPS) is 15.2. The first kappa shape index (κ1) is 19.2. The fourth-order valence-corrected chi connectivity index (χ4v) is 2.61. The van der Waals surface area contributed by atoms with Gasteiger partial charge in [-0.15, -0.1) is 0 Å². The van der Waals surface area contributed by atoms with Crippen molar-refractivity contribution in [1.29, 1.82) is 5.26 Å². The predicted octanol–water partition coefficient (Wildman–Crippen LogP) is 1.54. The van der Waals surface area contributed by atoms with Crippen LogP contribution in [0.1, 0.15) is 31.2 Å². The maximum atomic E-state index is 11.8. The van der Waals surface area contributed by atoms with E-state index in [9.17, 15) is 14.9 Å². The molecular weight excluding hydrogens is 338 g/mol. The zero-order valence-electron chi connectivity index (χ0n) is 14.6. The van der Waals surface area contributed by atoms with E-state index in [-0.39, 0.29) is 0 Å². The lowest BCUT2D eigenvalue weighted by Gasteiger charge is -2.21. The van der Waals surface area contributed by atoms with E-state index in [0.29, 0.717) is 12.8 Å². The molecule has 0 bridgehead atoms. The fraction of sp³-hybridized carbons (Fsp3) is 0.444. The molecule has 1 aromatic rings. The number of hydrogen-bond donors (Lipinski definition) is 1. The molecule has 1 aliphatic carbocycles. The molecule has 0 radical (unpaired) electrons. The van der Waals surface area contributed by atoms with Crippen LogP contribution in [0.2, 0.25) is 0 Å². The first-order chi connectivity index (χ1) is 12.6. The van der Waals surface area contributed by atoms with Gasteiger partial charge in [0.2, 0.25) is 6.61 Å². The highest BCUT2D eigenvalue weighted by molar-refractivity contribution is 5.82. The number of rotatable bonds is 8. The molecule has 0 aromatic heterocycles. The Balaban J connectivity index is 1.66. The minimum atomic E-state index is -0.831. The predicted molar refractivity (Wildman–Crippen MR) is 92.5 cm³/mol. The molecule has 1 N–H and O–H groups in total. The number of methoxy groups -OCH3 is 1. The molecule has 0 atom stereocenters. The minimum absolute atomic E-state index is 0.413. The molecule has 0 heterocycles. The number of oxime groups is 1. The van der Waals surface area contributed by atoms with E-state index in [0.717, 1.165) is 24.2 Å². The molecule has 0 unspecified atom stereocenters. The lowest BCUT2D eigenvalue weighted by molar-refractivity contribution is -0.153. The average molecular weight is 359 g/mol. The van der Waals surface area contributed by atoms with E-state index >= 15 is 0 Å². The molecule has 1 saturated carbocycles. The van der Waals surface area contributed by atoms with Crippen molar-refractivity contribution in [3.05, 3.63) is 29.8 Å². The molecule has 1 amide bonds. The number of ether oxygens (including phenoxy) is 2. The Labute approximate surface area is 151 Å². The summed E-state index contributed by atoms with van der Waals surface area (Å²) in [6, 6.07) is 9.24. The lowest BCUT2D eigenvalue weighted by Crippen LogP contribution is -2.46. The minimum Gasteiger partial charge on any atom is -0.497 e. The Morgan fingerprint density at radius 1 is 1.27 bits per heavy atom. The second-order valence-corrected chi connectivity index (χ2v) is 5.89. The fourth-order valence-electron chi connectivity index (χ4n) is 2.61. The van der Waals surface area contributed by atoms with Gasteiger partial charge in [-0.1, -0.05) is 5.16 Å². The number of nitriles is 1. The van der Waals surface area contributed by atoms with Crippen LogP contribution >= 0.6 is 0 Å². The third kappa shape index (κ3) is 5.77. The van der Waals surface area contributed by atoms with E-state index in [2.05, 4.69) is 16.5 Å². The van der Waals surface area contributed by atoms with Crippen molar-refractivity contribution in [3.63, 3.8) is 0 Å². The maximum absolute atomic E-state index is 11.8. The van der Waals surface area contributed by atoms with Gasteiger partial charge in [0.05, 0.1) is 19.4 Å². The molecule has 1 fully saturated rings. The van der Waals surface area contributed by atoms with Gasteiger partial charge in [0.15, 0.2) is 6.61 Å². The van der Waals surface area contributed by atoms with E-state index in [4.69, 9.17) is 14.3 Å². The Bertz CT molecular complexity index is 688. The summed E-state index contributed by atoms with van der Waals surface area (Å²) in [6.07, 6.45) is 4.47. The number of benzene rings is 1. The van der Waals surface area contributed by atoms with Gasteiger partial charge in [-0.2, -0.15) is 5.26 Å². The number of carbonyl (C=O) groups excluding carboxylic acids is 2. The van der Waals surface area contributed by atoms with Gasteiger partial charge in [-0.25, -0.2) is 4.79 Å². The Kier molecular flexibility index (Phi) is 6.97. The molecule has 1 aliphatic rings. The standard InChI is InChI=1S/C18H21N3O5/c1-24-15-6-4-14(5-7-15)10-20-26-12-17(23)25-11-16(22)21-18(13-19)8-2-3-9-18/h4-7,10H,2-3,8-9,11-12H2,1H3,(H,21,22)/b20-10-. The quantitative estimate of drug-likeness (QED) is 0.428. The number of carbonyl (C=O) groups is 2.